The van der Waals surface area contributed by atoms with Crippen LogP contribution < -0.4 is 10.1 Å². The molecule has 0 radical (unpaired) electrons. The monoisotopic (exact) mass is 329 g/mol. The Labute approximate surface area is 139 Å². The fourth-order valence-electron chi connectivity index (χ4n) is 1.76. The number of benzene rings is 2. The van der Waals surface area contributed by atoms with Gasteiger partial charge in [0.2, 0.25) is 5.91 Å². The Morgan fingerprint density at radius 3 is 2.70 bits per heavy atom. The molecular weight excluding hydrogens is 313 g/mol. The van der Waals surface area contributed by atoms with Gasteiger partial charge < -0.3 is 10.1 Å². The third-order valence-electron chi connectivity index (χ3n) is 2.89. The summed E-state index contributed by atoms with van der Waals surface area (Å²) in [6.07, 6.45) is 0. The number of nitrogens with one attached hydrogen (secondary N) is 1. The number of hydrogen-bond donors (Lipinski definition) is 1. The lowest BCUT2D eigenvalue weighted by Gasteiger charge is -2.02. The number of amides is 1. The van der Waals surface area contributed by atoms with E-state index in [-0.39, 0.29) is 24.0 Å². The van der Waals surface area contributed by atoms with Crippen molar-refractivity contribution in [1.29, 1.82) is 0 Å². The van der Waals surface area contributed by atoms with E-state index < -0.39 is 0 Å². The Bertz CT molecular complexity index is 720. The number of para-hydroxylation sites is 1. The van der Waals surface area contributed by atoms with E-state index in [4.69, 9.17) is 4.74 Å². The number of carbonyl (C=O) groups excluding carboxylic acids is 1. The molecule has 0 heterocycles. The van der Waals surface area contributed by atoms with Gasteiger partial charge in [0.05, 0.1) is 25.0 Å². The van der Waals surface area contributed by atoms with Crippen LogP contribution in [0, 0.1) is 17.7 Å². The zero-order valence-corrected chi connectivity index (χ0v) is 13.5. The van der Waals surface area contributed by atoms with Gasteiger partial charge in [0.25, 0.3) is 0 Å². The summed E-state index contributed by atoms with van der Waals surface area (Å²) in [6.45, 7) is 0.265. The molecule has 0 aromatic heterocycles. The van der Waals surface area contributed by atoms with Gasteiger partial charge >= 0.3 is 0 Å². The van der Waals surface area contributed by atoms with E-state index in [1.165, 1.54) is 23.9 Å². The van der Waals surface area contributed by atoms with Gasteiger partial charge in [-0.1, -0.05) is 24.0 Å². The highest BCUT2D eigenvalue weighted by Crippen LogP contribution is 2.17. The van der Waals surface area contributed by atoms with Crippen molar-refractivity contribution in [3.8, 4) is 17.6 Å². The van der Waals surface area contributed by atoms with Crippen molar-refractivity contribution in [2.24, 2.45) is 0 Å². The van der Waals surface area contributed by atoms with Crippen LogP contribution in [0.3, 0.4) is 0 Å². The number of ether oxygens (including phenoxy) is 1. The van der Waals surface area contributed by atoms with Crippen LogP contribution in [0.15, 0.2) is 53.4 Å². The van der Waals surface area contributed by atoms with Gasteiger partial charge in [-0.2, -0.15) is 0 Å². The van der Waals surface area contributed by atoms with E-state index in [0.717, 1.165) is 10.5 Å². The predicted molar refractivity (Wildman–Crippen MR) is 90.0 cm³/mol. The van der Waals surface area contributed by atoms with Crippen molar-refractivity contribution in [2.75, 3.05) is 19.4 Å². The molecule has 3 nitrogen and oxygen atoms in total. The summed E-state index contributed by atoms with van der Waals surface area (Å²) in [6, 6.07) is 13.5. The van der Waals surface area contributed by atoms with Crippen molar-refractivity contribution < 1.29 is 13.9 Å². The molecule has 2 rings (SSSR count). The van der Waals surface area contributed by atoms with Crippen LogP contribution in [-0.2, 0) is 4.79 Å². The molecule has 23 heavy (non-hydrogen) atoms. The molecule has 5 heteroatoms. The van der Waals surface area contributed by atoms with E-state index in [0.29, 0.717) is 5.75 Å². The summed E-state index contributed by atoms with van der Waals surface area (Å²) in [5.41, 5.74) is 0.782. The zero-order chi connectivity index (χ0) is 16.5. The first-order valence-electron chi connectivity index (χ1n) is 6.96. The van der Waals surface area contributed by atoms with Crippen molar-refractivity contribution in [3.05, 3.63) is 59.9 Å². The Morgan fingerprint density at radius 2 is 1.96 bits per heavy atom. The second kappa shape index (κ2) is 8.86. The van der Waals surface area contributed by atoms with Crippen LogP contribution >= 0.6 is 11.8 Å². The highest BCUT2D eigenvalue weighted by atomic mass is 32.2. The van der Waals surface area contributed by atoms with E-state index in [2.05, 4.69) is 17.2 Å². The Hall–Kier alpha value is -2.45. The number of carbonyl (C=O) groups is 1. The molecule has 0 aliphatic carbocycles. The largest absolute Gasteiger partial charge is 0.495 e. The van der Waals surface area contributed by atoms with Crippen LogP contribution in [0.5, 0.6) is 5.75 Å². The minimum Gasteiger partial charge on any atom is -0.495 e. The zero-order valence-electron chi connectivity index (χ0n) is 12.6. The minimum atomic E-state index is -0.287. The number of halogens is 1. The molecule has 1 N–H and O–H groups in total. The molecule has 0 bridgehead atoms. The van der Waals surface area contributed by atoms with Gasteiger partial charge in [-0.15, -0.1) is 11.8 Å². The second-order valence-corrected chi connectivity index (χ2v) is 5.57. The van der Waals surface area contributed by atoms with Crippen LogP contribution in [0.2, 0.25) is 0 Å². The molecule has 0 fully saturated rings. The smallest absolute Gasteiger partial charge is 0.231 e. The Kier molecular flexibility index (Phi) is 6.52. The topological polar surface area (TPSA) is 38.3 Å². The minimum absolute atomic E-state index is 0.117. The molecule has 2 aromatic carbocycles. The maximum atomic E-state index is 12.8. The molecule has 0 saturated carbocycles. The van der Waals surface area contributed by atoms with E-state index >= 15 is 0 Å². The van der Waals surface area contributed by atoms with Crippen LogP contribution in [0.4, 0.5) is 4.39 Å². The number of rotatable bonds is 5. The van der Waals surface area contributed by atoms with E-state index in [1.807, 2.05) is 24.3 Å². The Morgan fingerprint density at radius 1 is 1.22 bits per heavy atom. The van der Waals surface area contributed by atoms with E-state index in [1.54, 1.807) is 19.2 Å². The average Bonchev–Trinajstić information content (AvgIpc) is 2.58. The predicted octanol–water partition coefficient (Wildman–Crippen LogP) is 3.09. The maximum Gasteiger partial charge on any atom is 0.231 e. The first kappa shape index (κ1) is 16.9. The van der Waals surface area contributed by atoms with Crippen molar-refractivity contribution >= 4 is 17.7 Å². The lowest BCUT2D eigenvalue weighted by molar-refractivity contribution is -0.118. The highest BCUT2D eigenvalue weighted by Gasteiger charge is 2.02. The highest BCUT2D eigenvalue weighted by molar-refractivity contribution is 8.00. The third-order valence-corrected chi connectivity index (χ3v) is 3.90. The lowest BCUT2D eigenvalue weighted by atomic mass is 10.2. The van der Waals surface area contributed by atoms with E-state index in [9.17, 15) is 9.18 Å². The molecule has 0 aliphatic rings. The van der Waals surface area contributed by atoms with Crippen molar-refractivity contribution in [3.63, 3.8) is 0 Å². The quantitative estimate of drug-likeness (QED) is 0.677. The molecule has 0 atom stereocenters. The van der Waals surface area contributed by atoms with Gasteiger partial charge in [-0.05, 0) is 36.4 Å². The molecule has 0 spiro atoms. The van der Waals surface area contributed by atoms with Gasteiger partial charge in [-0.3, -0.25) is 4.79 Å². The van der Waals surface area contributed by atoms with Gasteiger partial charge in [0, 0.05) is 4.90 Å². The van der Waals surface area contributed by atoms with Crippen LogP contribution in [-0.4, -0.2) is 25.3 Å². The van der Waals surface area contributed by atoms with Crippen LogP contribution in [0.25, 0.3) is 0 Å². The molecule has 1 amide bonds. The fourth-order valence-corrected chi connectivity index (χ4v) is 2.49. The summed E-state index contributed by atoms with van der Waals surface area (Å²) in [4.78, 5) is 12.6. The summed E-state index contributed by atoms with van der Waals surface area (Å²) >= 11 is 1.35. The second-order valence-electron chi connectivity index (χ2n) is 4.52. The molecule has 2 aromatic rings. The summed E-state index contributed by atoms with van der Waals surface area (Å²) < 4.78 is 18.0. The fraction of sp³-hybridized carbons (Fsp3) is 0.167. The molecule has 0 unspecified atom stereocenters. The SMILES string of the molecule is COc1ccccc1C#CCNC(=O)CSc1ccc(F)cc1. The number of thioether (sulfide) groups is 1. The molecule has 0 saturated heterocycles. The summed E-state index contributed by atoms with van der Waals surface area (Å²) in [7, 11) is 1.59. The third kappa shape index (κ3) is 5.68. The first-order valence-corrected chi connectivity index (χ1v) is 7.94. The summed E-state index contributed by atoms with van der Waals surface area (Å²) in [5, 5.41) is 2.72. The summed E-state index contributed by atoms with van der Waals surface area (Å²) in [5.74, 6) is 6.42. The van der Waals surface area contributed by atoms with Crippen molar-refractivity contribution in [1.82, 2.24) is 5.32 Å². The van der Waals surface area contributed by atoms with Crippen molar-refractivity contribution in [2.45, 2.75) is 4.90 Å². The molecule has 0 aliphatic heterocycles. The number of methoxy groups -OCH3 is 1. The molecular formula is C18H16FNO2S. The normalized spacial score (nSPS) is 9.65. The van der Waals surface area contributed by atoms with Gasteiger partial charge in [0.1, 0.15) is 11.6 Å². The molecule has 118 valence electrons. The lowest BCUT2D eigenvalue weighted by Crippen LogP contribution is -2.25. The maximum absolute atomic E-state index is 12.8. The standard InChI is InChI=1S/C18H16FNO2S/c1-22-17-7-3-2-5-14(17)6-4-12-20-18(21)13-23-16-10-8-15(19)9-11-16/h2-3,5,7-11H,12-13H2,1H3,(H,20,21). The van der Waals surface area contributed by atoms with Gasteiger partial charge in [-0.25, -0.2) is 4.39 Å². The van der Waals surface area contributed by atoms with Crippen LogP contribution in [0.1, 0.15) is 5.56 Å². The first-order chi connectivity index (χ1) is 11.2. The van der Waals surface area contributed by atoms with Gasteiger partial charge in [0.15, 0.2) is 0 Å². The number of hydrogen-bond acceptors (Lipinski definition) is 3. The Balaban J connectivity index is 1.77. The average molecular weight is 329 g/mol.